The first-order valence-corrected chi connectivity index (χ1v) is 24.5. The van der Waals surface area contributed by atoms with Crippen molar-refractivity contribution in [3.63, 3.8) is 0 Å². The number of urea groups is 1. The summed E-state index contributed by atoms with van der Waals surface area (Å²) in [5, 5.41) is 21.9. The second kappa shape index (κ2) is 17.3. The Morgan fingerprint density at radius 2 is 1.55 bits per heavy atom. The predicted molar refractivity (Wildman–Crippen MR) is 253 cm³/mol. The number of ether oxygens (including phenoxy) is 2. The van der Waals surface area contributed by atoms with Crippen molar-refractivity contribution in [2.24, 2.45) is 5.92 Å². The Morgan fingerprint density at radius 1 is 0.797 bits per heavy atom. The minimum absolute atomic E-state index is 0.0270. The number of phenolic OH excluding ortho intramolecular Hbond substituents is 1. The van der Waals surface area contributed by atoms with E-state index in [-0.39, 0.29) is 53.3 Å². The average molecular weight is 948 g/mol. The van der Waals surface area contributed by atoms with Crippen LogP contribution in [0.3, 0.4) is 0 Å². The summed E-state index contributed by atoms with van der Waals surface area (Å²) in [6.07, 6.45) is 11.9. The van der Waals surface area contributed by atoms with Crippen LogP contribution in [0.15, 0.2) is 54.9 Å². The van der Waals surface area contributed by atoms with Gasteiger partial charge in [-0.1, -0.05) is 0 Å². The number of imide groups is 1. The molecular weight excluding hydrogens is 892 g/mol. The lowest BCUT2D eigenvalue weighted by Gasteiger charge is -2.46. The van der Waals surface area contributed by atoms with Gasteiger partial charge in [0.15, 0.2) is 23.2 Å². The van der Waals surface area contributed by atoms with E-state index >= 15 is 4.39 Å². The number of nitrogens with zero attached hydrogens (tertiary/aromatic N) is 9. The van der Waals surface area contributed by atoms with Gasteiger partial charge in [0, 0.05) is 113 Å². The Kier molecular flexibility index (Phi) is 11.1. The molecule has 2 aromatic carbocycles. The minimum atomic E-state index is -1.08. The zero-order valence-electron chi connectivity index (χ0n) is 38.3. The zero-order valence-corrected chi connectivity index (χ0v) is 38.3. The Bertz CT molecular complexity index is 2800. The summed E-state index contributed by atoms with van der Waals surface area (Å²) in [7, 11) is 0. The molecule has 4 N–H and O–H groups in total. The second-order valence-corrected chi connectivity index (χ2v) is 20.1. The van der Waals surface area contributed by atoms with Crippen LogP contribution >= 0.6 is 0 Å². The van der Waals surface area contributed by atoms with Gasteiger partial charge in [0.1, 0.15) is 17.3 Å². The first kappa shape index (κ1) is 44.1. The highest BCUT2D eigenvalue weighted by atomic mass is 19.1. The molecule has 1 spiro atoms. The summed E-state index contributed by atoms with van der Waals surface area (Å²) in [4.78, 5) is 40.1. The molecule has 6 aliphatic heterocycles. The van der Waals surface area contributed by atoms with Crippen molar-refractivity contribution >= 4 is 51.5 Å². The number of carbonyl (C=O) groups excluding carboxylic acids is 2. The summed E-state index contributed by atoms with van der Waals surface area (Å²) in [5.74, 6) is -2.53. The normalized spacial score (nSPS) is 23.7. The highest BCUT2D eigenvalue weighted by molar-refractivity contribution is 6.06. The molecule has 7 fully saturated rings. The lowest BCUT2D eigenvalue weighted by Crippen LogP contribution is -2.54. The first-order chi connectivity index (χ1) is 33.5. The van der Waals surface area contributed by atoms with Gasteiger partial charge in [0.25, 0.3) is 0 Å². The topological polar surface area (TPSA) is 171 Å². The molecule has 12 rings (SSSR count). The number of likely N-dealkylation sites (tertiary alicyclic amines) is 1. The number of hydrogen-bond donors (Lipinski definition) is 3. The smallest absolute Gasteiger partial charge is 0.328 e. The molecule has 0 radical (unpaired) electrons. The van der Waals surface area contributed by atoms with E-state index in [2.05, 4.69) is 45.9 Å². The van der Waals surface area contributed by atoms with Crippen molar-refractivity contribution in [3.8, 4) is 17.0 Å². The summed E-state index contributed by atoms with van der Waals surface area (Å²) < 4.78 is 59.4. The Labute approximate surface area is 397 Å². The van der Waals surface area contributed by atoms with E-state index in [1.165, 1.54) is 5.56 Å². The lowest BCUT2D eigenvalue weighted by molar-refractivity contribution is -0.295. The third-order valence-electron chi connectivity index (χ3n) is 15.8. The fourth-order valence-electron chi connectivity index (χ4n) is 11.9. The number of aromatic hydroxyl groups is 1. The first-order valence-electron chi connectivity index (χ1n) is 24.5. The van der Waals surface area contributed by atoms with Crippen molar-refractivity contribution in [1.29, 1.82) is 0 Å². The van der Waals surface area contributed by atoms with Gasteiger partial charge >= 0.3 is 6.03 Å². The number of rotatable bonds is 9. The Balaban J connectivity index is 0.640. The molecule has 7 aliphatic rings. The van der Waals surface area contributed by atoms with Gasteiger partial charge < -0.3 is 44.5 Å². The fraction of sp³-hybridized carbons (Fsp3) is 0.500. The van der Waals surface area contributed by atoms with Crippen molar-refractivity contribution in [3.05, 3.63) is 77.9 Å². The standard InChI is InChI=1S/C50H56F3N11O5/c51-31-17-38(46(66)41(53)18-31)42-21-44(47(54)58-57-42)61-24-33-3-4-34(25-61)64(33)32-5-6-40(52)43(20-32)60-12-7-29(8-13-60)23-59-15-10-50(11-16-59)68-27-36(28-69-50)63-26-39(30-1-2-30)37-19-35(22-55-48(37)63)62-14-9-45(65)56-49(62)67/h5-6,17-22,26,29-30,33-34,36,66H,1-4,7-16,23-25,27-28H2,(H2,54,58)(H,56,65,67). The highest BCUT2D eigenvalue weighted by Gasteiger charge is 2.44. The molecule has 69 heavy (non-hydrogen) atoms. The second-order valence-electron chi connectivity index (χ2n) is 20.1. The number of phenols is 1. The molecule has 2 atom stereocenters. The monoisotopic (exact) mass is 947 g/mol. The fourth-order valence-corrected chi connectivity index (χ4v) is 11.9. The van der Waals surface area contributed by atoms with E-state index in [0.29, 0.717) is 67.8 Å². The molecule has 6 saturated heterocycles. The molecule has 19 heteroatoms. The molecule has 362 valence electrons. The molecule has 3 aromatic heterocycles. The van der Waals surface area contributed by atoms with Gasteiger partial charge in [-0.2, -0.15) is 0 Å². The van der Waals surface area contributed by atoms with Crippen LogP contribution in [0.4, 0.5) is 46.5 Å². The van der Waals surface area contributed by atoms with E-state index in [1.54, 1.807) is 23.2 Å². The number of piperidine rings is 2. The van der Waals surface area contributed by atoms with Crippen molar-refractivity contribution in [2.45, 2.75) is 87.6 Å². The summed E-state index contributed by atoms with van der Waals surface area (Å²) >= 11 is 0. The van der Waals surface area contributed by atoms with E-state index in [4.69, 9.17) is 20.2 Å². The SMILES string of the molecule is Nc1nnc(-c2cc(F)cc(F)c2O)cc1N1CC2CCC(C1)N2c1ccc(F)c(N2CCC(CN3CCC4(CC3)OCC(n3cc(C5CC5)c5cc(N6CCC(=O)NC6=O)cnc53)CO4)CC2)c1. The maximum absolute atomic E-state index is 15.7. The molecule has 9 heterocycles. The van der Waals surface area contributed by atoms with Gasteiger partial charge in [0.05, 0.1) is 48.2 Å². The molecule has 1 saturated carbocycles. The molecule has 1 aliphatic carbocycles. The molecular formula is C50H56F3N11O5. The van der Waals surface area contributed by atoms with Crippen LogP contribution in [0.2, 0.25) is 0 Å². The van der Waals surface area contributed by atoms with Crippen molar-refractivity contribution in [1.82, 2.24) is 30.0 Å². The van der Waals surface area contributed by atoms with Crippen LogP contribution in [0.1, 0.15) is 75.3 Å². The number of fused-ring (bicyclic) bond motifs is 3. The van der Waals surface area contributed by atoms with Crippen LogP contribution in [-0.2, 0) is 14.3 Å². The molecule has 2 unspecified atom stereocenters. The lowest BCUT2D eigenvalue weighted by atomic mass is 9.94. The highest BCUT2D eigenvalue weighted by Crippen LogP contribution is 2.46. The number of amides is 3. The molecule has 16 nitrogen and oxygen atoms in total. The van der Waals surface area contributed by atoms with Crippen LogP contribution in [0.25, 0.3) is 22.3 Å². The number of halogens is 3. The number of piperazine rings is 1. The quantitative estimate of drug-likeness (QED) is 0.143. The summed E-state index contributed by atoms with van der Waals surface area (Å²) in [5.41, 5.74) is 11.3. The van der Waals surface area contributed by atoms with Crippen molar-refractivity contribution < 1.29 is 37.3 Å². The van der Waals surface area contributed by atoms with E-state index in [9.17, 15) is 23.5 Å². The Hall–Kier alpha value is -6.18. The largest absolute Gasteiger partial charge is 0.504 e. The number of carbonyl (C=O) groups is 2. The predicted octanol–water partition coefficient (Wildman–Crippen LogP) is 6.68. The van der Waals surface area contributed by atoms with Gasteiger partial charge in [-0.15, -0.1) is 10.2 Å². The van der Waals surface area contributed by atoms with Crippen LogP contribution in [0, 0.1) is 23.4 Å². The van der Waals surface area contributed by atoms with Gasteiger partial charge in [0.2, 0.25) is 5.91 Å². The summed E-state index contributed by atoms with van der Waals surface area (Å²) in [6, 6.07) is 10.6. The average Bonchev–Trinajstić information content (AvgIpc) is 4.08. The molecule has 2 bridgehead atoms. The van der Waals surface area contributed by atoms with E-state index in [0.717, 1.165) is 107 Å². The molecule has 3 amide bonds. The van der Waals surface area contributed by atoms with Crippen LogP contribution in [0.5, 0.6) is 5.75 Å². The summed E-state index contributed by atoms with van der Waals surface area (Å²) in [6.45, 7) is 6.93. The number of pyridine rings is 1. The number of hydrogen-bond acceptors (Lipinski definition) is 13. The van der Waals surface area contributed by atoms with Gasteiger partial charge in [-0.05, 0) is 92.3 Å². The van der Waals surface area contributed by atoms with Gasteiger partial charge in [-0.25, -0.2) is 22.9 Å². The third-order valence-corrected chi connectivity index (χ3v) is 15.8. The van der Waals surface area contributed by atoms with Crippen LogP contribution < -0.4 is 30.7 Å². The number of nitrogens with two attached hydrogens (primary N) is 1. The number of benzene rings is 2. The number of anilines is 5. The van der Waals surface area contributed by atoms with Crippen molar-refractivity contribution in [2.75, 3.05) is 90.9 Å². The maximum Gasteiger partial charge on any atom is 0.328 e. The van der Waals surface area contributed by atoms with Gasteiger partial charge in [-0.3, -0.25) is 15.0 Å². The maximum atomic E-state index is 15.7. The number of nitrogen functional groups attached to an aromatic ring is 1. The third kappa shape index (κ3) is 8.24. The zero-order chi connectivity index (χ0) is 47.1. The van der Waals surface area contributed by atoms with E-state index in [1.807, 2.05) is 18.2 Å². The number of nitrogens with one attached hydrogen (secondary N) is 1. The van der Waals surface area contributed by atoms with Crippen LogP contribution in [-0.4, -0.2) is 125 Å². The minimum Gasteiger partial charge on any atom is -0.504 e. The molecule has 5 aromatic rings. The Morgan fingerprint density at radius 3 is 2.28 bits per heavy atom. The number of aromatic nitrogens is 4. The van der Waals surface area contributed by atoms with E-state index < -0.39 is 29.2 Å².